The highest BCUT2D eigenvalue weighted by atomic mass is 35.5. The van der Waals surface area contributed by atoms with E-state index in [1.165, 1.54) is 17.5 Å². The molecule has 0 radical (unpaired) electrons. The molecule has 1 N–H and O–H groups in total. The van der Waals surface area contributed by atoms with Crippen LogP contribution < -0.4 is 14.8 Å². The Kier molecular flexibility index (Phi) is 7.03. The van der Waals surface area contributed by atoms with Gasteiger partial charge in [0.15, 0.2) is 11.5 Å². The van der Waals surface area contributed by atoms with Crippen LogP contribution in [0.5, 0.6) is 11.5 Å². The topological polar surface area (TPSA) is 30.5 Å². The Morgan fingerprint density at radius 1 is 0.875 bits per heavy atom. The predicted molar refractivity (Wildman–Crippen MR) is 130 cm³/mol. The van der Waals surface area contributed by atoms with Crippen molar-refractivity contribution >= 4 is 39.7 Å². The standard InChI is InChI=1S/C26H22Cl2FNO2/c1-2-31-25-13-17(15-30-24-9-5-7-18-6-3-4-8-21(18)24)12-23(28)26(25)32-16-19-10-11-20(29)14-22(19)27/h3-14,30H,2,15-16H2,1H3. The van der Waals surface area contributed by atoms with Crippen molar-refractivity contribution in [2.24, 2.45) is 0 Å². The molecule has 0 saturated heterocycles. The summed E-state index contributed by atoms with van der Waals surface area (Å²) in [4.78, 5) is 0. The van der Waals surface area contributed by atoms with E-state index in [9.17, 15) is 4.39 Å². The molecule has 0 saturated carbocycles. The third kappa shape index (κ3) is 5.09. The van der Waals surface area contributed by atoms with E-state index >= 15 is 0 Å². The minimum absolute atomic E-state index is 0.145. The van der Waals surface area contributed by atoms with Gasteiger partial charge in [0.2, 0.25) is 0 Å². The normalized spacial score (nSPS) is 10.9. The van der Waals surface area contributed by atoms with Crippen LogP contribution in [0.15, 0.2) is 72.8 Å². The number of halogens is 3. The molecule has 0 fully saturated rings. The SMILES string of the molecule is CCOc1cc(CNc2cccc3ccccc23)cc(Cl)c1OCc1ccc(F)cc1Cl. The van der Waals surface area contributed by atoms with Crippen molar-refractivity contribution in [3.05, 3.63) is 99.8 Å². The molecule has 0 aliphatic heterocycles. The molecule has 0 spiro atoms. The summed E-state index contributed by atoms with van der Waals surface area (Å²) in [6, 6.07) is 22.4. The van der Waals surface area contributed by atoms with Gasteiger partial charge in [-0.1, -0.05) is 65.7 Å². The summed E-state index contributed by atoms with van der Waals surface area (Å²) in [6.07, 6.45) is 0. The Labute approximate surface area is 196 Å². The second kappa shape index (κ2) is 10.1. The lowest BCUT2D eigenvalue weighted by Crippen LogP contribution is -2.04. The third-order valence-corrected chi connectivity index (χ3v) is 5.66. The fourth-order valence-electron chi connectivity index (χ4n) is 3.49. The molecule has 6 heteroatoms. The maximum atomic E-state index is 13.3. The Morgan fingerprint density at radius 3 is 2.50 bits per heavy atom. The molecule has 0 bridgehead atoms. The minimum atomic E-state index is -0.394. The van der Waals surface area contributed by atoms with E-state index in [1.807, 2.05) is 37.3 Å². The van der Waals surface area contributed by atoms with Gasteiger partial charge in [-0.3, -0.25) is 0 Å². The summed E-state index contributed by atoms with van der Waals surface area (Å²) in [6.45, 7) is 3.07. The smallest absolute Gasteiger partial charge is 0.180 e. The van der Waals surface area contributed by atoms with Crippen molar-refractivity contribution in [1.82, 2.24) is 0 Å². The van der Waals surface area contributed by atoms with Crippen LogP contribution in [-0.2, 0) is 13.2 Å². The summed E-state index contributed by atoms with van der Waals surface area (Å²) in [5, 5.41) is 6.55. The Morgan fingerprint density at radius 2 is 1.69 bits per heavy atom. The van der Waals surface area contributed by atoms with Gasteiger partial charge in [0.25, 0.3) is 0 Å². The van der Waals surface area contributed by atoms with E-state index in [4.69, 9.17) is 32.7 Å². The van der Waals surface area contributed by atoms with Gasteiger partial charge in [-0.15, -0.1) is 0 Å². The largest absolute Gasteiger partial charge is 0.490 e. The molecule has 4 rings (SSSR count). The predicted octanol–water partition coefficient (Wildman–Crippen LogP) is 7.88. The molecule has 0 heterocycles. The first kappa shape index (κ1) is 22.3. The minimum Gasteiger partial charge on any atom is -0.490 e. The molecule has 164 valence electrons. The lowest BCUT2D eigenvalue weighted by Gasteiger charge is -2.17. The van der Waals surface area contributed by atoms with Gasteiger partial charge in [-0.05, 0) is 48.2 Å². The zero-order chi connectivity index (χ0) is 22.5. The second-order valence-corrected chi connectivity index (χ2v) is 8.06. The van der Waals surface area contributed by atoms with E-state index in [0.29, 0.717) is 40.3 Å². The fourth-order valence-corrected chi connectivity index (χ4v) is 4.00. The van der Waals surface area contributed by atoms with Crippen LogP contribution in [0.2, 0.25) is 10.0 Å². The average molecular weight is 470 g/mol. The first-order chi connectivity index (χ1) is 15.5. The Hall–Kier alpha value is -2.95. The number of rotatable bonds is 8. The van der Waals surface area contributed by atoms with Gasteiger partial charge >= 0.3 is 0 Å². The van der Waals surface area contributed by atoms with Crippen LogP contribution >= 0.6 is 23.2 Å². The molecule has 4 aromatic carbocycles. The Bertz CT molecular complexity index is 1240. The van der Waals surface area contributed by atoms with Crippen molar-refractivity contribution in [1.29, 1.82) is 0 Å². The maximum absolute atomic E-state index is 13.3. The summed E-state index contributed by atoms with van der Waals surface area (Å²) in [5.41, 5.74) is 2.66. The zero-order valence-electron chi connectivity index (χ0n) is 17.5. The van der Waals surface area contributed by atoms with E-state index in [-0.39, 0.29) is 6.61 Å². The highest BCUT2D eigenvalue weighted by molar-refractivity contribution is 6.32. The molecule has 3 nitrogen and oxygen atoms in total. The number of hydrogen-bond donors (Lipinski definition) is 1. The average Bonchev–Trinajstić information content (AvgIpc) is 2.78. The van der Waals surface area contributed by atoms with E-state index in [0.717, 1.165) is 16.6 Å². The van der Waals surface area contributed by atoms with Gasteiger partial charge in [0, 0.05) is 23.2 Å². The summed E-state index contributed by atoms with van der Waals surface area (Å²) < 4.78 is 25.0. The van der Waals surface area contributed by atoms with Gasteiger partial charge in [0.05, 0.1) is 16.7 Å². The molecule has 0 amide bonds. The monoisotopic (exact) mass is 469 g/mol. The van der Waals surface area contributed by atoms with Crippen molar-refractivity contribution in [3.8, 4) is 11.5 Å². The fraction of sp³-hybridized carbons (Fsp3) is 0.154. The van der Waals surface area contributed by atoms with Crippen LogP contribution in [0.4, 0.5) is 10.1 Å². The molecule has 0 aliphatic rings. The van der Waals surface area contributed by atoms with Crippen molar-refractivity contribution in [2.45, 2.75) is 20.1 Å². The van der Waals surface area contributed by atoms with Crippen molar-refractivity contribution in [2.75, 3.05) is 11.9 Å². The first-order valence-electron chi connectivity index (χ1n) is 10.3. The maximum Gasteiger partial charge on any atom is 0.180 e. The van der Waals surface area contributed by atoms with Crippen molar-refractivity contribution in [3.63, 3.8) is 0 Å². The number of hydrogen-bond acceptors (Lipinski definition) is 3. The molecule has 0 aliphatic carbocycles. The highest BCUT2D eigenvalue weighted by Gasteiger charge is 2.14. The summed E-state index contributed by atoms with van der Waals surface area (Å²) in [7, 11) is 0. The Balaban J connectivity index is 1.54. The molecule has 32 heavy (non-hydrogen) atoms. The number of benzene rings is 4. The van der Waals surface area contributed by atoms with Gasteiger partial charge in [-0.2, -0.15) is 0 Å². The number of fused-ring (bicyclic) bond motifs is 1. The van der Waals surface area contributed by atoms with E-state index in [1.54, 1.807) is 6.07 Å². The third-order valence-electron chi connectivity index (χ3n) is 5.03. The number of anilines is 1. The van der Waals surface area contributed by atoms with Crippen LogP contribution in [0.1, 0.15) is 18.1 Å². The van der Waals surface area contributed by atoms with Crippen LogP contribution in [0, 0.1) is 5.82 Å². The van der Waals surface area contributed by atoms with Gasteiger partial charge in [0.1, 0.15) is 12.4 Å². The highest BCUT2D eigenvalue weighted by Crippen LogP contribution is 2.38. The molecule has 4 aromatic rings. The summed E-state index contributed by atoms with van der Waals surface area (Å²) >= 11 is 12.7. The quantitative estimate of drug-likeness (QED) is 0.284. The number of nitrogens with one attached hydrogen (secondary N) is 1. The van der Waals surface area contributed by atoms with Crippen molar-refractivity contribution < 1.29 is 13.9 Å². The van der Waals surface area contributed by atoms with E-state index in [2.05, 4.69) is 29.6 Å². The van der Waals surface area contributed by atoms with E-state index < -0.39 is 5.82 Å². The van der Waals surface area contributed by atoms with Gasteiger partial charge < -0.3 is 14.8 Å². The lowest BCUT2D eigenvalue weighted by molar-refractivity contribution is 0.269. The van der Waals surface area contributed by atoms with Gasteiger partial charge in [-0.25, -0.2) is 4.39 Å². The van der Waals surface area contributed by atoms with Crippen LogP contribution in [0.25, 0.3) is 10.8 Å². The molecule has 0 aromatic heterocycles. The van der Waals surface area contributed by atoms with Crippen LogP contribution in [-0.4, -0.2) is 6.61 Å². The first-order valence-corrected chi connectivity index (χ1v) is 11.0. The molecular formula is C26H22Cl2FNO2. The molecule has 0 unspecified atom stereocenters. The van der Waals surface area contributed by atoms with Crippen LogP contribution in [0.3, 0.4) is 0 Å². The second-order valence-electron chi connectivity index (χ2n) is 7.24. The summed E-state index contributed by atoms with van der Waals surface area (Å²) in [5.74, 6) is 0.589. The molecule has 0 atom stereocenters. The molecular weight excluding hydrogens is 448 g/mol. The zero-order valence-corrected chi connectivity index (χ0v) is 19.0. The lowest BCUT2D eigenvalue weighted by atomic mass is 10.1. The number of ether oxygens (including phenoxy) is 2.